The molecule has 0 unspecified atom stereocenters. The smallest absolute Gasteiger partial charge is 0.287 e. The molecule has 2 fully saturated rings. The summed E-state index contributed by atoms with van der Waals surface area (Å²) in [6.45, 7) is 2.26. The number of ether oxygens (including phenoxy) is 1. The molecule has 1 atom stereocenters. The second-order valence-corrected chi connectivity index (χ2v) is 9.52. The van der Waals surface area contributed by atoms with E-state index in [0.29, 0.717) is 37.8 Å². The molecule has 2 aliphatic rings. The number of nitrogens with zero attached hydrogens (tertiary/aromatic N) is 1. The number of morpholine rings is 1. The molecule has 0 radical (unpaired) electrons. The van der Waals surface area contributed by atoms with Gasteiger partial charge in [0.2, 0.25) is 5.91 Å². The number of furan rings is 1. The molecule has 3 N–H and O–H groups in total. The molecule has 190 valence electrons. The maximum atomic E-state index is 13.0. The number of hydrogen-bond acceptors (Lipinski definition) is 5. The highest BCUT2D eigenvalue weighted by atomic mass is 16.5. The summed E-state index contributed by atoms with van der Waals surface area (Å²) in [5.74, 6) is 0.191. The van der Waals surface area contributed by atoms with Crippen molar-refractivity contribution >= 4 is 28.6 Å². The van der Waals surface area contributed by atoms with Crippen LogP contribution >= 0.6 is 0 Å². The number of hydrogen-bond donors (Lipinski definition) is 3. The molecule has 3 heterocycles. The number of fused-ring (bicyclic) bond motifs is 1. The predicted molar refractivity (Wildman–Crippen MR) is 135 cm³/mol. The van der Waals surface area contributed by atoms with Crippen molar-refractivity contribution in [3.05, 3.63) is 47.9 Å². The van der Waals surface area contributed by atoms with Gasteiger partial charge in [-0.05, 0) is 43.0 Å². The Morgan fingerprint density at radius 2 is 1.81 bits per heavy atom. The van der Waals surface area contributed by atoms with Gasteiger partial charge in [0.25, 0.3) is 11.8 Å². The molecular formula is C27H32N4O5. The summed E-state index contributed by atoms with van der Waals surface area (Å²) >= 11 is 0. The molecule has 9 heteroatoms. The maximum absolute atomic E-state index is 13.0. The van der Waals surface area contributed by atoms with E-state index in [0.717, 1.165) is 42.1 Å². The summed E-state index contributed by atoms with van der Waals surface area (Å²) < 4.78 is 11.2. The van der Waals surface area contributed by atoms with E-state index in [2.05, 4.69) is 15.6 Å². The average molecular weight is 493 g/mol. The fourth-order valence-corrected chi connectivity index (χ4v) is 5.18. The fourth-order valence-electron chi connectivity index (χ4n) is 5.18. The topological polar surface area (TPSA) is 117 Å². The molecule has 9 nitrogen and oxygen atoms in total. The molecule has 5 rings (SSSR count). The van der Waals surface area contributed by atoms with E-state index in [4.69, 9.17) is 9.15 Å². The van der Waals surface area contributed by atoms with Crippen molar-refractivity contribution in [3.63, 3.8) is 0 Å². The lowest BCUT2D eigenvalue weighted by atomic mass is 9.83. The molecule has 1 aliphatic heterocycles. The van der Waals surface area contributed by atoms with Gasteiger partial charge in [-0.1, -0.05) is 31.4 Å². The van der Waals surface area contributed by atoms with Crippen molar-refractivity contribution in [2.75, 3.05) is 33.4 Å². The number of benzene rings is 1. The van der Waals surface area contributed by atoms with Crippen molar-refractivity contribution < 1.29 is 23.5 Å². The van der Waals surface area contributed by atoms with Gasteiger partial charge in [-0.15, -0.1) is 0 Å². The number of rotatable bonds is 6. The Morgan fingerprint density at radius 3 is 2.56 bits per heavy atom. The van der Waals surface area contributed by atoms with Gasteiger partial charge >= 0.3 is 0 Å². The minimum absolute atomic E-state index is 0.0448. The van der Waals surface area contributed by atoms with E-state index in [9.17, 15) is 14.4 Å². The first-order chi connectivity index (χ1) is 17.5. The molecule has 1 saturated heterocycles. The Labute approximate surface area is 209 Å². The van der Waals surface area contributed by atoms with Crippen LogP contribution in [0.3, 0.4) is 0 Å². The Hall–Kier alpha value is -3.59. The fraction of sp³-hybridized carbons (Fsp3) is 0.444. The normalized spacial score (nSPS) is 17.6. The van der Waals surface area contributed by atoms with Crippen LogP contribution in [-0.4, -0.2) is 67.0 Å². The predicted octanol–water partition coefficient (Wildman–Crippen LogP) is 3.33. The van der Waals surface area contributed by atoms with E-state index < -0.39 is 11.9 Å². The van der Waals surface area contributed by atoms with Crippen molar-refractivity contribution in [1.82, 2.24) is 20.5 Å². The van der Waals surface area contributed by atoms with E-state index in [1.165, 1.54) is 6.42 Å². The zero-order valence-electron chi connectivity index (χ0n) is 20.5. The summed E-state index contributed by atoms with van der Waals surface area (Å²) in [7, 11) is 1.59. The van der Waals surface area contributed by atoms with Gasteiger partial charge < -0.3 is 29.7 Å². The van der Waals surface area contributed by atoms with Gasteiger partial charge in [0.05, 0.1) is 13.2 Å². The molecular weight excluding hydrogens is 460 g/mol. The molecule has 3 amide bonds. The minimum Gasteiger partial charge on any atom is -0.451 e. The third-order valence-electron chi connectivity index (χ3n) is 7.20. The van der Waals surface area contributed by atoms with Crippen molar-refractivity contribution in [3.8, 4) is 11.3 Å². The lowest BCUT2D eigenvalue weighted by molar-refractivity contribution is -0.124. The summed E-state index contributed by atoms with van der Waals surface area (Å²) in [5.41, 5.74) is 2.12. The average Bonchev–Trinajstić information content (AvgIpc) is 3.59. The van der Waals surface area contributed by atoms with Gasteiger partial charge in [-0.2, -0.15) is 0 Å². The Bertz CT molecular complexity index is 1250. The van der Waals surface area contributed by atoms with Crippen LogP contribution in [0.4, 0.5) is 0 Å². The SMILES string of the molecule is CNC(=O)[C@@H](NC(=O)c1ccc(-c2ccc3cc(C(=O)N4CCOCC4)[nH]c3c2)o1)C1CCCCC1. The summed E-state index contributed by atoms with van der Waals surface area (Å²) in [5, 5.41) is 6.49. The van der Waals surface area contributed by atoms with Crippen molar-refractivity contribution in [2.24, 2.45) is 5.92 Å². The highest BCUT2D eigenvalue weighted by Crippen LogP contribution is 2.29. The van der Waals surface area contributed by atoms with Crippen LogP contribution in [0.5, 0.6) is 0 Å². The van der Waals surface area contributed by atoms with Crippen LogP contribution in [-0.2, 0) is 9.53 Å². The third kappa shape index (κ3) is 5.02. The Balaban J connectivity index is 1.31. The van der Waals surface area contributed by atoms with Gasteiger partial charge in [0.15, 0.2) is 5.76 Å². The molecule has 0 bridgehead atoms. The number of carbonyl (C=O) groups excluding carboxylic acids is 3. The number of H-pyrrole nitrogens is 1. The molecule has 1 aromatic carbocycles. The van der Waals surface area contributed by atoms with Crippen molar-refractivity contribution in [2.45, 2.75) is 38.1 Å². The van der Waals surface area contributed by atoms with Gasteiger partial charge in [0.1, 0.15) is 17.5 Å². The van der Waals surface area contributed by atoms with Crippen LogP contribution in [0.2, 0.25) is 0 Å². The van der Waals surface area contributed by atoms with Crippen LogP contribution in [0, 0.1) is 5.92 Å². The number of carbonyl (C=O) groups is 3. The Kier molecular flexibility index (Phi) is 7.09. The second kappa shape index (κ2) is 10.6. The second-order valence-electron chi connectivity index (χ2n) is 9.52. The van der Waals surface area contributed by atoms with E-state index >= 15 is 0 Å². The molecule has 1 aliphatic carbocycles. The number of nitrogens with one attached hydrogen (secondary N) is 3. The molecule has 0 spiro atoms. The molecule has 36 heavy (non-hydrogen) atoms. The zero-order valence-corrected chi connectivity index (χ0v) is 20.5. The molecule has 1 saturated carbocycles. The standard InChI is InChI=1S/C27H32N4O5/c1-28-26(33)24(17-5-3-2-4-6-17)30-25(32)23-10-9-22(36-23)19-8-7-18-15-21(29-20(18)16-19)27(34)31-11-13-35-14-12-31/h7-10,15-17,24,29H,2-6,11-14H2,1H3,(H,28,33)(H,30,32)/t24-/m0/s1. The van der Waals surface area contributed by atoms with Crippen LogP contribution in [0.1, 0.15) is 53.1 Å². The first-order valence-corrected chi connectivity index (χ1v) is 12.7. The zero-order chi connectivity index (χ0) is 25.1. The van der Waals surface area contributed by atoms with E-state index in [1.807, 2.05) is 24.3 Å². The lowest BCUT2D eigenvalue weighted by Gasteiger charge is -2.29. The highest BCUT2D eigenvalue weighted by Gasteiger charge is 2.31. The molecule has 2 aromatic heterocycles. The largest absolute Gasteiger partial charge is 0.451 e. The van der Waals surface area contributed by atoms with Crippen molar-refractivity contribution in [1.29, 1.82) is 0 Å². The number of aromatic nitrogens is 1. The van der Waals surface area contributed by atoms with Gasteiger partial charge in [-0.3, -0.25) is 14.4 Å². The first-order valence-electron chi connectivity index (χ1n) is 12.7. The quantitative estimate of drug-likeness (QED) is 0.488. The summed E-state index contributed by atoms with van der Waals surface area (Å²) in [4.78, 5) is 43.3. The van der Waals surface area contributed by atoms with Crippen LogP contribution in [0.25, 0.3) is 22.2 Å². The summed E-state index contributed by atoms with van der Waals surface area (Å²) in [6.07, 6.45) is 5.15. The van der Waals surface area contributed by atoms with E-state index in [1.54, 1.807) is 24.1 Å². The lowest BCUT2D eigenvalue weighted by Crippen LogP contribution is -2.50. The van der Waals surface area contributed by atoms with Crippen LogP contribution in [0.15, 0.2) is 40.8 Å². The van der Waals surface area contributed by atoms with Gasteiger partial charge in [-0.25, -0.2) is 0 Å². The Morgan fingerprint density at radius 1 is 1.03 bits per heavy atom. The highest BCUT2D eigenvalue weighted by molar-refractivity contribution is 5.99. The first kappa shape index (κ1) is 24.1. The summed E-state index contributed by atoms with van der Waals surface area (Å²) in [6, 6.07) is 10.4. The number of aromatic amines is 1. The van der Waals surface area contributed by atoms with E-state index in [-0.39, 0.29) is 23.5 Å². The van der Waals surface area contributed by atoms with Gasteiger partial charge in [0, 0.05) is 36.6 Å². The monoisotopic (exact) mass is 492 g/mol. The molecule has 3 aromatic rings. The maximum Gasteiger partial charge on any atom is 0.287 e. The number of amides is 3. The number of likely N-dealkylation sites (N-methyl/N-ethyl adjacent to an activating group) is 1. The third-order valence-corrected chi connectivity index (χ3v) is 7.20. The minimum atomic E-state index is -0.575. The van der Waals surface area contributed by atoms with Crippen LogP contribution < -0.4 is 10.6 Å².